The summed E-state index contributed by atoms with van der Waals surface area (Å²) in [7, 11) is 0. The van der Waals surface area contributed by atoms with Gasteiger partial charge in [-0.25, -0.2) is 9.79 Å². The van der Waals surface area contributed by atoms with Crippen molar-refractivity contribution in [3.63, 3.8) is 0 Å². The first kappa shape index (κ1) is 21.5. The van der Waals surface area contributed by atoms with Crippen molar-refractivity contribution in [2.45, 2.75) is 6.61 Å². The van der Waals surface area contributed by atoms with Gasteiger partial charge in [-0.15, -0.1) is 0 Å². The van der Waals surface area contributed by atoms with Crippen LogP contribution < -0.4 is 4.74 Å². The number of cyclic esters (lactones) is 1. The van der Waals surface area contributed by atoms with E-state index in [1.807, 2.05) is 0 Å². The number of hydrogen-bond acceptors (Lipinski definition) is 6. The molecule has 1 aliphatic heterocycles. The van der Waals surface area contributed by atoms with Crippen molar-refractivity contribution >= 4 is 46.8 Å². The molecule has 7 nitrogen and oxygen atoms in total. The van der Waals surface area contributed by atoms with Crippen LogP contribution >= 0.6 is 23.2 Å². The van der Waals surface area contributed by atoms with Gasteiger partial charge in [0.25, 0.3) is 5.69 Å². The van der Waals surface area contributed by atoms with Crippen LogP contribution in [0.1, 0.15) is 16.7 Å². The number of hydrogen-bond donors (Lipinski definition) is 0. The number of nitrogens with zero attached hydrogens (tertiary/aromatic N) is 2. The smallest absolute Gasteiger partial charge is 0.363 e. The van der Waals surface area contributed by atoms with E-state index in [0.29, 0.717) is 32.5 Å². The molecule has 160 valence electrons. The molecular formula is C23H14Cl2N2O5. The van der Waals surface area contributed by atoms with E-state index in [9.17, 15) is 14.9 Å². The normalized spacial score (nSPS) is 14.2. The Labute approximate surface area is 192 Å². The monoisotopic (exact) mass is 468 g/mol. The molecule has 0 saturated carbocycles. The van der Waals surface area contributed by atoms with Crippen LogP contribution in [0.3, 0.4) is 0 Å². The first-order valence-corrected chi connectivity index (χ1v) is 10.1. The van der Waals surface area contributed by atoms with E-state index in [2.05, 4.69) is 4.99 Å². The second-order valence-electron chi connectivity index (χ2n) is 6.75. The Morgan fingerprint density at radius 2 is 1.84 bits per heavy atom. The number of rotatable bonds is 6. The summed E-state index contributed by atoms with van der Waals surface area (Å²) >= 11 is 11.9. The number of carbonyl (C=O) groups is 1. The summed E-state index contributed by atoms with van der Waals surface area (Å²) in [6, 6.07) is 18.1. The number of ether oxygens (including phenoxy) is 2. The molecule has 3 aromatic rings. The lowest BCUT2D eigenvalue weighted by Crippen LogP contribution is -2.05. The van der Waals surface area contributed by atoms with Crippen LogP contribution in [0.15, 0.2) is 77.4 Å². The van der Waals surface area contributed by atoms with Crippen LogP contribution in [0.4, 0.5) is 5.69 Å². The van der Waals surface area contributed by atoms with Crippen LogP contribution in [-0.2, 0) is 16.1 Å². The molecule has 0 unspecified atom stereocenters. The Balaban J connectivity index is 1.51. The van der Waals surface area contributed by atoms with Crippen LogP contribution in [0.5, 0.6) is 5.75 Å². The third kappa shape index (κ3) is 4.96. The van der Waals surface area contributed by atoms with Gasteiger partial charge < -0.3 is 9.47 Å². The van der Waals surface area contributed by atoms with Gasteiger partial charge >= 0.3 is 5.97 Å². The number of halogens is 2. The number of esters is 1. The van der Waals surface area contributed by atoms with Crippen LogP contribution in [-0.4, -0.2) is 16.8 Å². The summed E-state index contributed by atoms with van der Waals surface area (Å²) in [4.78, 5) is 27.0. The number of carbonyl (C=O) groups excluding carboxylic acids is 1. The first-order chi connectivity index (χ1) is 15.4. The highest BCUT2D eigenvalue weighted by atomic mass is 35.5. The van der Waals surface area contributed by atoms with Crippen LogP contribution in [0, 0.1) is 10.1 Å². The molecule has 1 aliphatic rings. The zero-order valence-corrected chi connectivity index (χ0v) is 17.8. The highest BCUT2D eigenvalue weighted by Gasteiger charge is 2.24. The zero-order chi connectivity index (χ0) is 22.7. The minimum absolute atomic E-state index is 0.0000273. The molecule has 0 radical (unpaired) electrons. The maximum Gasteiger partial charge on any atom is 0.363 e. The van der Waals surface area contributed by atoms with E-state index in [1.165, 1.54) is 12.1 Å². The highest BCUT2D eigenvalue weighted by Crippen LogP contribution is 2.26. The van der Waals surface area contributed by atoms with Crippen LogP contribution in [0.2, 0.25) is 10.0 Å². The maximum absolute atomic E-state index is 12.2. The zero-order valence-electron chi connectivity index (χ0n) is 16.3. The molecule has 3 aromatic carbocycles. The van der Waals surface area contributed by atoms with Crippen molar-refractivity contribution in [2.75, 3.05) is 0 Å². The topological polar surface area (TPSA) is 91.0 Å². The van der Waals surface area contributed by atoms with Crippen LogP contribution in [0.25, 0.3) is 6.08 Å². The van der Waals surface area contributed by atoms with E-state index in [0.717, 1.165) is 0 Å². The Morgan fingerprint density at radius 1 is 1.03 bits per heavy atom. The Bertz CT molecular complexity index is 1290. The number of non-ortho nitro benzene ring substituents is 1. The second kappa shape index (κ2) is 9.21. The van der Waals surface area contributed by atoms with Crippen molar-refractivity contribution in [3.8, 4) is 5.75 Å². The summed E-state index contributed by atoms with van der Waals surface area (Å²) in [5.74, 6) is 0.0813. The third-order valence-corrected chi connectivity index (χ3v) is 5.21. The fraction of sp³-hybridized carbons (Fsp3) is 0.0435. The molecule has 0 fully saturated rings. The van der Waals surface area contributed by atoms with Gasteiger partial charge in [0.15, 0.2) is 5.70 Å². The average Bonchev–Trinajstić information content (AvgIpc) is 3.15. The van der Waals surface area contributed by atoms with E-state index in [-0.39, 0.29) is 23.9 Å². The molecule has 0 saturated heterocycles. The summed E-state index contributed by atoms with van der Waals surface area (Å²) < 4.78 is 11.0. The molecule has 1 heterocycles. The lowest BCUT2D eigenvalue weighted by molar-refractivity contribution is -0.384. The number of benzene rings is 3. The Morgan fingerprint density at radius 3 is 2.62 bits per heavy atom. The lowest BCUT2D eigenvalue weighted by atomic mass is 10.2. The quantitative estimate of drug-likeness (QED) is 0.196. The van der Waals surface area contributed by atoms with Gasteiger partial charge in [-0.05, 0) is 47.5 Å². The average molecular weight is 469 g/mol. The maximum atomic E-state index is 12.2. The molecule has 0 bridgehead atoms. The van der Waals surface area contributed by atoms with Gasteiger partial charge in [-0.2, -0.15) is 0 Å². The summed E-state index contributed by atoms with van der Waals surface area (Å²) in [5.41, 5.74) is 2.00. The summed E-state index contributed by atoms with van der Waals surface area (Å²) in [5, 5.41) is 11.6. The summed E-state index contributed by atoms with van der Waals surface area (Å²) in [6.07, 6.45) is 1.58. The van der Waals surface area contributed by atoms with Gasteiger partial charge in [-0.3, -0.25) is 10.1 Å². The van der Waals surface area contributed by atoms with E-state index >= 15 is 0 Å². The molecule has 4 rings (SSSR count). The third-order valence-electron chi connectivity index (χ3n) is 4.48. The SMILES string of the molecule is O=C1OC(c2ccc(Cl)c(Cl)c2)=N/C1=C\c1cccc(OCc2cccc([N+](=O)[O-])c2)c1. The van der Waals surface area contributed by atoms with Crippen molar-refractivity contribution < 1.29 is 19.2 Å². The fourth-order valence-electron chi connectivity index (χ4n) is 2.94. The molecular weight excluding hydrogens is 455 g/mol. The molecule has 0 aromatic heterocycles. The predicted molar refractivity (Wildman–Crippen MR) is 121 cm³/mol. The van der Waals surface area contributed by atoms with Crippen molar-refractivity contribution in [1.29, 1.82) is 0 Å². The van der Waals surface area contributed by atoms with Gasteiger partial charge in [0, 0.05) is 17.7 Å². The van der Waals surface area contributed by atoms with E-state index < -0.39 is 10.9 Å². The fourth-order valence-corrected chi connectivity index (χ4v) is 3.24. The van der Waals surface area contributed by atoms with Crippen molar-refractivity contribution in [1.82, 2.24) is 0 Å². The molecule has 0 amide bonds. The molecule has 32 heavy (non-hydrogen) atoms. The number of nitro benzene ring substituents is 1. The molecule has 0 aliphatic carbocycles. The van der Waals surface area contributed by atoms with Gasteiger partial charge in [0.2, 0.25) is 5.90 Å². The number of nitro groups is 1. The van der Waals surface area contributed by atoms with Crippen molar-refractivity contribution in [2.24, 2.45) is 4.99 Å². The predicted octanol–water partition coefficient (Wildman–Crippen LogP) is 5.83. The molecule has 0 spiro atoms. The molecule has 0 atom stereocenters. The standard InChI is InChI=1S/C23H14Cl2N2O5/c24-19-8-7-16(12-20(19)25)22-26-21(23(28)32-22)11-14-3-2-6-18(10-14)31-13-15-4-1-5-17(9-15)27(29)30/h1-12H,13H2/b21-11-. The summed E-state index contributed by atoms with van der Waals surface area (Å²) in [6.45, 7) is 0.156. The molecule has 9 heteroatoms. The highest BCUT2D eigenvalue weighted by molar-refractivity contribution is 6.42. The largest absolute Gasteiger partial charge is 0.489 e. The Kier molecular flexibility index (Phi) is 6.20. The van der Waals surface area contributed by atoms with Gasteiger partial charge in [0.05, 0.1) is 15.0 Å². The lowest BCUT2D eigenvalue weighted by Gasteiger charge is -2.07. The van der Waals surface area contributed by atoms with Gasteiger partial charge in [0.1, 0.15) is 12.4 Å². The minimum Gasteiger partial charge on any atom is -0.489 e. The van der Waals surface area contributed by atoms with Crippen molar-refractivity contribution in [3.05, 3.63) is 109 Å². The van der Waals surface area contributed by atoms with Gasteiger partial charge in [-0.1, -0.05) is 47.5 Å². The number of aliphatic imine (C=N–C) groups is 1. The second-order valence-corrected chi connectivity index (χ2v) is 7.57. The molecule has 0 N–H and O–H groups in total. The Hall–Kier alpha value is -3.68. The van der Waals surface area contributed by atoms with E-state index in [1.54, 1.807) is 60.7 Å². The minimum atomic E-state index is -0.589. The first-order valence-electron chi connectivity index (χ1n) is 9.33. The van der Waals surface area contributed by atoms with E-state index in [4.69, 9.17) is 32.7 Å².